The topological polar surface area (TPSA) is 77.8 Å². The molecule has 1 fully saturated rings. The lowest BCUT2D eigenvalue weighted by Crippen LogP contribution is -2.21. The number of aliphatic hydroxyl groups is 2. The molecule has 4 nitrogen and oxygen atoms in total. The molecule has 0 heterocycles. The van der Waals surface area contributed by atoms with Crippen LogP contribution >= 0.6 is 0 Å². The van der Waals surface area contributed by atoms with Gasteiger partial charge in [-0.25, -0.2) is 0 Å². The smallest absolute Gasteiger partial charge is 0.303 e. The van der Waals surface area contributed by atoms with Crippen molar-refractivity contribution in [2.24, 2.45) is 11.8 Å². The summed E-state index contributed by atoms with van der Waals surface area (Å²) in [5.74, 6) is -0.00899. The van der Waals surface area contributed by atoms with Crippen LogP contribution in [0.5, 0.6) is 0 Å². The number of allylic oxidation sites excluding steroid dienone is 2. The SMILES string of the molecule is O=C(O)CCC/C=C\C[C@H]1CC[C@@H](O)C1CC[C@@H](O)CCc1ccccc1. The van der Waals surface area contributed by atoms with Crippen LogP contribution in [0.2, 0.25) is 0 Å². The predicted molar refractivity (Wildman–Crippen MR) is 107 cm³/mol. The third-order valence-corrected chi connectivity index (χ3v) is 5.74. The molecular weight excluding hydrogens is 340 g/mol. The first-order valence-corrected chi connectivity index (χ1v) is 10.3. The second kappa shape index (κ2) is 11.9. The number of carbonyl (C=O) groups is 1. The van der Waals surface area contributed by atoms with E-state index in [1.807, 2.05) is 18.2 Å². The Morgan fingerprint density at radius 1 is 1.15 bits per heavy atom. The van der Waals surface area contributed by atoms with Crippen LogP contribution in [-0.2, 0) is 11.2 Å². The van der Waals surface area contributed by atoms with E-state index >= 15 is 0 Å². The van der Waals surface area contributed by atoms with Gasteiger partial charge in [0.05, 0.1) is 12.2 Å². The van der Waals surface area contributed by atoms with E-state index in [-0.39, 0.29) is 24.5 Å². The van der Waals surface area contributed by atoms with Gasteiger partial charge in [0.25, 0.3) is 0 Å². The number of aliphatic carboxylic acids is 1. The average molecular weight is 375 g/mol. The van der Waals surface area contributed by atoms with Crippen molar-refractivity contribution in [2.75, 3.05) is 0 Å². The minimum absolute atomic E-state index is 0.218. The predicted octanol–water partition coefficient (Wildman–Crippen LogP) is 4.35. The molecule has 0 aromatic heterocycles. The van der Waals surface area contributed by atoms with Crippen molar-refractivity contribution in [3.05, 3.63) is 48.0 Å². The molecule has 0 aliphatic heterocycles. The Balaban J connectivity index is 1.68. The molecule has 150 valence electrons. The van der Waals surface area contributed by atoms with Gasteiger partial charge in [0.15, 0.2) is 0 Å². The highest BCUT2D eigenvalue weighted by Gasteiger charge is 2.33. The Bertz CT molecular complexity index is 569. The van der Waals surface area contributed by atoms with Gasteiger partial charge in [0.1, 0.15) is 0 Å². The Morgan fingerprint density at radius 3 is 2.67 bits per heavy atom. The van der Waals surface area contributed by atoms with E-state index in [0.717, 1.165) is 51.4 Å². The molecule has 0 spiro atoms. The van der Waals surface area contributed by atoms with Crippen LogP contribution in [0.3, 0.4) is 0 Å². The number of carboxylic acid groups (broad SMARTS) is 1. The maximum atomic E-state index is 10.5. The number of hydrogen-bond acceptors (Lipinski definition) is 3. The maximum Gasteiger partial charge on any atom is 0.303 e. The van der Waals surface area contributed by atoms with Crippen molar-refractivity contribution in [1.82, 2.24) is 0 Å². The van der Waals surface area contributed by atoms with Gasteiger partial charge in [0, 0.05) is 6.42 Å². The fourth-order valence-corrected chi connectivity index (χ4v) is 4.12. The summed E-state index contributed by atoms with van der Waals surface area (Å²) in [7, 11) is 0. The lowest BCUT2D eigenvalue weighted by molar-refractivity contribution is -0.137. The van der Waals surface area contributed by atoms with Crippen molar-refractivity contribution >= 4 is 5.97 Å². The number of unbranched alkanes of at least 4 members (excludes halogenated alkanes) is 1. The molecule has 1 unspecified atom stereocenters. The molecule has 1 saturated carbocycles. The highest BCUT2D eigenvalue weighted by atomic mass is 16.4. The molecule has 0 bridgehead atoms. The molecule has 4 atom stereocenters. The summed E-state index contributed by atoms with van der Waals surface area (Å²) in [4.78, 5) is 10.5. The lowest BCUT2D eigenvalue weighted by atomic mass is 9.86. The number of hydrogen-bond donors (Lipinski definition) is 3. The maximum absolute atomic E-state index is 10.5. The Labute approximate surface area is 162 Å². The third-order valence-electron chi connectivity index (χ3n) is 5.74. The van der Waals surface area contributed by atoms with Gasteiger partial charge in [-0.05, 0) is 75.2 Å². The Kier molecular flexibility index (Phi) is 9.57. The zero-order valence-electron chi connectivity index (χ0n) is 16.2. The first kappa shape index (κ1) is 21.6. The highest BCUT2D eigenvalue weighted by Crippen LogP contribution is 2.38. The quantitative estimate of drug-likeness (QED) is 0.375. The van der Waals surface area contributed by atoms with Crippen molar-refractivity contribution in [3.8, 4) is 0 Å². The second-order valence-electron chi connectivity index (χ2n) is 7.82. The molecule has 2 rings (SSSR count). The number of aliphatic hydroxyl groups excluding tert-OH is 2. The van der Waals surface area contributed by atoms with E-state index in [1.54, 1.807) is 0 Å². The Morgan fingerprint density at radius 2 is 1.93 bits per heavy atom. The zero-order chi connectivity index (χ0) is 19.5. The molecule has 1 aliphatic rings. The van der Waals surface area contributed by atoms with E-state index in [1.165, 1.54) is 5.56 Å². The summed E-state index contributed by atoms with van der Waals surface area (Å²) in [5.41, 5.74) is 1.25. The van der Waals surface area contributed by atoms with Crippen LogP contribution in [0.1, 0.15) is 63.4 Å². The molecule has 27 heavy (non-hydrogen) atoms. The van der Waals surface area contributed by atoms with Crippen LogP contribution in [-0.4, -0.2) is 33.5 Å². The standard InChI is InChI=1S/C23H34O4/c24-20(14-12-18-8-4-3-5-9-18)15-16-21-19(13-17-22(21)25)10-6-1-2-7-11-23(26)27/h1,3-6,8-9,19-22,24-25H,2,7,10-17H2,(H,26,27)/b6-1-/t19-,20-,21?,22+/m0/s1. The summed E-state index contributed by atoms with van der Waals surface area (Å²) in [5, 5.41) is 29.3. The van der Waals surface area contributed by atoms with E-state index in [2.05, 4.69) is 24.3 Å². The summed E-state index contributed by atoms with van der Waals surface area (Å²) >= 11 is 0. The van der Waals surface area contributed by atoms with Crippen LogP contribution < -0.4 is 0 Å². The van der Waals surface area contributed by atoms with Crippen molar-refractivity contribution in [2.45, 2.75) is 76.4 Å². The molecule has 4 heteroatoms. The second-order valence-corrected chi connectivity index (χ2v) is 7.82. The normalized spacial score (nSPS) is 23.7. The van der Waals surface area contributed by atoms with E-state index in [4.69, 9.17) is 5.11 Å². The van der Waals surface area contributed by atoms with Crippen molar-refractivity contribution < 1.29 is 20.1 Å². The molecule has 0 saturated heterocycles. The number of carboxylic acids is 1. The van der Waals surface area contributed by atoms with Crippen molar-refractivity contribution in [1.29, 1.82) is 0 Å². The molecular formula is C23H34O4. The monoisotopic (exact) mass is 374 g/mol. The van der Waals surface area contributed by atoms with Gasteiger partial charge in [-0.1, -0.05) is 42.5 Å². The van der Waals surface area contributed by atoms with Gasteiger partial charge in [-0.15, -0.1) is 0 Å². The van der Waals surface area contributed by atoms with E-state index in [9.17, 15) is 15.0 Å². The summed E-state index contributed by atoms with van der Waals surface area (Å²) in [6, 6.07) is 10.2. The van der Waals surface area contributed by atoms with E-state index in [0.29, 0.717) is 12.3 Å². The molecule has 0 amide bonds. The fraction of sp³-hybridized carbons (Fsp3) is 0.609. The molecule has 3 N–H and O–H groups in total. The number of benzene rings is 1. The van der Waals surface area contributed by atoms with Gasteiger partial charge in [-0.3, -0.25) is 4.79 Å². The molecule has 1 aromatic carbocycles. The zero-order valence-corrected chi connectivity index (χ0v) is 16.2. The van der Waals surface area contributed by atoms with Crippen molar-refractivity contribution in [3.63, 3.8) is 0 Å². The van der Waals surface area contributed by atoms with Gasteiger partial charge in [0.2, 0.25) is 0 Å². The van der Waals surface area contributed by atoms with Gasteiger partial charge >= 0.3 is 5.97 Å². The number of rotatable bonds is 12. The molecule has 1 aliphatic carbocycles. The first-order chi connectivity index (χ1) is 13.1. The molecule has 1 aromatic rings. The van der Waals surface area contributed by atoms with Gasteiger partial charge in [-0.2, -0.15) is 0 Å². The highest BCUT2D eigenvalue weighted by molar-refractivity contribution is 5.66. The van der Waals surface area contributed by atoms with Gasteiger partial charge < -0.3 is 15.3 Å². The minimum atomic E-state index is -0.742. The molecule has 0 radical (unpaired) electrons. The van der Waals surface area contributed by atoms with Crippen LogP contribution in [0.15, 0.2) is 42.5 Å². The summed E-state index contributed by atoms with van der Waals surface area (Å²) < 4.78 is 0. The van der Waals surface area contributed by atoms with Crippen LogP contribution in [0, 0.1) is 11.8 Å². The first-order valence-electron chi connectivity index (χ1n) is 10.3. The summed E-state index contributed by atoms with van der Waals surface area (Å²) in [6.45, 7) is 0. The minimum Gasteiger partial charge on any atom is -0.481 e. The lowest BCUT2D eigenvalue weighted by Gasteiger charge is -2.22. The average Bonchev–Trinajstić information content (AvgIpc) is 3.01. The summed E-state index contributed by atoms with van der Waals surface area (Å²) in [6.07, 6.45) is 11.4. The Hall–Kier alpha value is -1.65. The fourth-order valence-electron chi connectivity index (χ4n) is 4.12. The van der Waals surface area contributed by atoms with Crippen LogP contribution in [0.4, 0.5) is 0 Å². The van der Waals surface area contributed by atoms with Crippen LogP contribution in [0.25, 0.3) is 0 Å². The third kappa shape index (κ3) is 8.27. The number of aryl methyl sites for hydroxylation is 1. The largest absolute Gasteiger partial charge is 0.481 e. The van der Waals surface area contributed by atoms with E-state index < -0.39 is 5.97 Å².